The Morgan fingerprint density at radius 3 is 2.60 bits per heavy atom. The van der Waals surface area contributed by atoms with E-state index in [-0.39, 0.29) is 11.4 Å². The lowest BCUT2D eigenvalue weighted by Gasteiger charge is -1.98. The average molecular weight is 270 g/mol. The summed E-state index contributed by atoms with van der Waals surface area (Å²) >= 11 is 0. The van der Waals surface area contributed by atoms with E-state index in [1.54, 1.807) is 18.2 Å². The van der Waals surface area contributed by atoms with Crippen molar-refractivity contribution in [3.8, 4) is 0 Å². The van der Waals surface area contributed by atoms with E-state index in [1.807, 2.05) is 0 Å². The molecule has 2 aromatic rings. The molecule has 7 nitrogen and oxygen atoms in total. The quantitative estimate of drug-likeness (QED) is 0.520. The normalized spacial score (nSPS) is 10.4. The first-order valence-electron chi connectivity index (χ1n) is 5.66. The number of hydrazone groups is 1. The highest BCUT2D eigenvalue weighted by molar-refractivity contribution is 5.93. The first kappa shape index (κ1) is 13.3. The first-order valence-corrected chi connectivity index (χ1v) is 5.66. The van der Waals surface area contributed by atoms with Crippen molar-refractivity contribution in [2.45, 2.75) is 0 Å². The van der Waals surface area contributed by atoms with E-state index in [1.165, 1.54) is 36.7 Å². The van der Waals surface area contributed by atoms with Crippen molar-refractivity contribution in [3.63, 3.8) is 0 Å². The molecule has 0 aliphatic heterocycles. The number of carbonyl (C=O) groups is 1. The van der Waals surface area contributed by atoms with Crippen LogP contribution in [-0.2, 0) is 0 Å². The minimum Gasteiger partial charge on any atom is -0.266 e. The highest BCUT2D eigenvalue weighted by Gasteiger charge is 2.04. The number of nitrogens with zero attached hydrogens (tertiary/aromatic N) is 3. The summed E-state index contributed by atoms with van der Waals surface area (Å²) in [6.45, 7) is 0. The molecular formula is C13H10N4O3. The maximum absolute atomic E-state index is 11.6. The topological polar surface area (TPSA) is 97.5 Å². The number of nitro groups is 1. The predicted octanol–water partition coefficient (Wildman–Crippen LogP) is 1.75. The summed E-state index contributed by atoms with van der Waals surface area (Å²) < 4.78 is 0. The van der Waals surface area contributed by atoms with Gasteiger partial charge < -0.3 is 0 Å². The predicted molar refractivity (Wildman–Crippen MR) is 72.4 cm³/mol. The van der Waals surface area contributed by atoms with Crippen LogP contribution in [0.1, 0.15) is 16.1 Å². The van der Waals surface area contributed by atoms with Crippen molar-refractivity contribution in [1.82, 2.24) is 10.4 Å². The SMILES string of the molecule is O=C(N/N=C/c1ccc([N+](=O)[O-])cc1)c1ccccn1. The zero-order chi connectivity index (χ0) is 14.4. The summed E-state index contributed by atoms with van der Waals surface area (Å²) in [7, 11) is 0. The van der Waals surface area contributed by atoms with Gasteiger partial charge in [0.15, 0.2) is 0 Å². The fourth-order valence-electron chi connectivity index (χ4n) is 1.40. The average Bonchev–Trinajstić information content (AvgIpc) is 2.48. The third-order valence-corrected chi connectivity index (χ3v) is 2.38. The number of rotatable bonds is 4. The number of hydrogen-bond acceptors (Lipinski definition) is 5. The molecule has 2 rings (SSSR count). The lowest BCUT2D eigenvalue weighted by atomic mass is 10.2. The van der Waals surface area contributed by atoms with Crippen LogP contribution >= 0.6 is 0 Å². The second-order valence-corrected chi connectivity index (χ2v) is 3.76. The Balaban J connectivity index is 1.96. The van der Waals surface area contributed by atoms with E-state index in [9.17, 15) is 14.9 Å². The molecule has 100 valence electrons. The molecule has 0 saturated heterocycles. The first-order chi connectivity index (χ1) is 9.66. The second-order valence-electron chi connectivity index (χ2n) is 3.76. The van der Waals surface area contributed by atoms with Crippen LogP contribution in [0.25, 0.3) is 0 Å². The number of amides is 1. The summed E-state index contributed by atoms with van der Waals surface area (Å²) in [6, 6.07) is 10.8. The lowest BCUT2D eigenvalue weighted by molar-refractivity contribution is -0.384. The van der Waals surface area contributed by atoms with Crippen LogP contribution in [0.15, 0.2) is 53.8 Å². The van der Waals surface area contributed by atoms with Gasteiger partial charge in [-0.2, -0.15) is 5.10 Å². The van der Waals surface area contributed by atoms with Crippen LogP contribution in [0, 0.1) is 10.1 Å². The highest BCUT2D eigenvalue weighted by atomic mass is 16.6. The molecule has 1 aromatic carbocycles. The molecule has 1 aromatic heterocycles. The number of nitrogens with one attached hydrogen (secondary N) is 1. The zero-order valence-corrected chi connectivity index (χ0v) is 10.3. The van der Waals surface area contributed by atoms with Crippen LogP contribution in [0.2, 0.25) is 0 Å². The van der Waals surface area contributed by atoms with Crippen molar-refractivity contribution >= 4 is 17.8 Å². The van der Waals surface area contributed by atoms with Crippen LogP contribution in [-0.4, -0.2) is 22.0 Å². The third-order valence-electron chi connectivity index (χ3n) is 2.38. The van der Waals surface area contributed by atoms with E-state index in [0.717, 1.165) is 0 Å². The molecule has 1 heterocycles. The van der Waals surface area contributed by atoms with Crippen LogP contribution in [0.5, 0.6) is 0 Å². The van der Waals surface area contributed by atoms with Gasteiger partial charge in [0.2, 0.25) is 0 Å². The molecule has 0 aliphatic rings. The number of aromatic nitrogens is 1. The van der Waals surface area contributed by atoms with Gasteiger partial charge in [-0.15, -0.1) is 0 Å². The molecule has 0 bridgehead atoms. The van der Waals surface area contributed by atoms with Crippen molar-refractivity contribution in [1.29, 1.82) is 0 Å². The molecular weight excluding hydrogens is 260 g/mol. The molecule has 1 N–H and O–H groups in total. The van der Waals surface area contributed by atoms with Crippen LogP contribution < -0.4 is 5.43 Å². The largest absolute Gasteiger partial charge is 0.289 e. The number of pyridine rings is 1. The van der Waals surface area contributed by atoms with Gasteiger partial charge >= 0.3 is 0 Å². The van der Waals surface area contributed by atoms with Gasteiger partial charge in [-0.1, -0.05) is 6.07 Å². The Labute approximate surface area is 114 Å². The molecule has 0 fully saturated rings. The van der Waals surface area contributed by atoms with Gasteiger partial charge in [0.25, 0.3) is 11.6 Å². The Morgan fingerprint density at radius 2 is 2.00 bits per heavy atom. The molecule has 0 aliphatic carbocycles. The molecule has 20 heavy (non-hydrogen) atoms. The van der Waals surface area contributed by atoms with Crippen molar-refractivity contribution < 1.29 is 9.72 Å². The fraction of sp³-hybridized carbons (Fsp3) is 0. The van der Waals surface area contributed by atoms with Gasteiger partial charge in [0.1, 0.15) is 5.69 Å². The number of nitro benzene ring substituents is 1. The van der Waals surface area contributed by atoms with Gasteiger partial charge in [-0.05, 0) is 29.8 Å². The smallest absolute Gasteiger partial charge is 0.266 e. The molecule has 0 spiro atoms. The summed E-state index contributed by atoms with van der Waals surface area (Å²) in [5.74, 6) is -0.427. The maximum atomic E-state index is 11.6. The standard InChI is InChI=1S/C13H10N4O3/c18-13(12-3-1-2-8-14-12)16-15-9-10-4-6-11(7-5-10)17(19)20/h1-9H,(H,16,18)/b15-9+. The van der Waals surface area contributed by atoms with E-state index in [2.05, 4.69) is 15.5 Å². The Hall–Kier alpha value is -3.09. The maximum Gasteiger partial charge on any atom is 0.289 e. The van der Waals surface area contributed by atoms with E-state index in [4.69, 9.17) is 0 Å². The van der Waals surface area contributed by atoms with Crippen LogP contribution in [0.4, 0.5) is 5.69 Å². The van der Waals surface area contributed by atoms with Gasteiger partial charge in [0, 0.05) is 18.3 Å². The summed E-state index contributed by atoms with van der Waals surface area (Å²) in [4.78, 5) is 25.5. The monoisotopic (exact) mass is 270 g/mol. The number of hydrogen-bond donors (Lipinski definition) is 1. The van der Waals surface area contributed by atoms with E-state index >= 15 is 0 Å². The number of non-ortho nitro benzene ring substituents is 1. The molecule has 7 heteroatoms. The van der Waals surface area contributed by atoms with Crippen molar-refractivity contribution in [2.24, 2.45) is 5.10 Å². The molecule has 0 saturated carbocycles. The number of benzene rings is 1. The molecule has 0 atom stereocenters. The summed E-state index contributed by atoms with van der Waals surface area (Å²) in [5, 5.41) is 14.2. The molecule has 0 unspecified atom stereocenters. The fourth-order valence-corrected chi connectivity index (χ4v) is 1.40. The zero-order valence-electron chi connectivity index (χ0n) is 10.3. The highest BCUT2D eigenvalue weighted by Crippen LogP contribution is 2.10. The minimum absolute atomic E-state index is 0.000305. The van der Waals surface area contributed by atoms with Crippen LogP contribution in [0.3, 0.4) is 0 Å². The molecule has 0 radical (unpaired) electrons. The van der Waals surface area contributed by atoms with E-state index in [0.29, 0.717) is 5.56 Å². The Bertz CT molecular complexity index is 638. The lowest BCUT2D eigenvalue weighted by Crippen LogP contribution is -2.18. The summed E-state index contributed by atoms with van der Waals surface area (Å²) in [5.41, 5.74) is 3.21. The summed E-state index contributed by atoms with van der Waals surface area (Å²) in [6.07, 6.45) is 2.90. The third kappa shape index (κ3) is 3.45. The van der Waals surface area contributed by atoms with Gasteiger partial charge in [-0.25, -0.2) is 5.43 Å². The van der Waals surface area contributed by atoms with E-state index < -0.39 is 10.8 Å². The molecule has 1 amide bonds. The van der Waals surface area contributed by atoms with Gasteiger partial charge in [-0.3, -0.25) is 19.9 Å². The minimum atomic E-state index is -0.482. The second kappa shape index (κ2) is 6.19. The Morgan fingerprint density at radius 1 is 1.25 bits per heavy atom. The Kier molecular flexibility index (Phi) is 4.13. The van der Waals surface area contributed by atoms with Gasteiger partial charge in [0.05, 0.1) is 11.1 Å². The number of carbonyl (C=O) groups excluding carboxylic acids is 1. The van der Waals surface area contributed by atoms with Crippen molar-refractivity contribution in [2.75, 3.05) is 0 Å². The van der Waals surface area contributed by atoms with Crippen molar-refractivity contribution in [3.05, 3.63) is 70.0 Å².